The van der Waals surface area contributed by atoms with Gasteiger partial charge in [0.2, 0.25) is 5.91 Å². The maximum atomic E-state index is 12.5. The van der Waals surface area contributed by atoms with Gasteiger partial charge in [0.1, 0.15) is 11.8 Å². The molecule has 0 atom stereocenters. The van der Waals surface area contributed by atoms with Gasteiger partial charge in [-0.05, 0) is 23.8 Å². The SMILES string of the molecule is CC(=O)Nc1ccc(Cc2cnc(NC(=O)c3coc4ccccc34)s2)cc1. The summed E-state index contributed by atoms with van der Waals surface area (Å²) >= 11 is 1.43. The molecule has 6 nitrogen and oxygen atoms in total. The molecule has 2 aromatic heterocycles. The van der Waals surface area contributed by atoms with Gasteiger partial charge in [-0.15, -0.1) is 11.3 Å². The first-order valence-corrected chi connectivity index (χ1v) is 9.49. The van der Waals surface area contributed by atoms with Crippen molar-refractivity contribution < 1.29 is 14.0 Å². The van der Waals surface area contributed by atoms with Crippen molar-refractivity contribution >= 4 is 44.9 Å². The fourth-order valence-corrected chi connectivity index (χ4v) is 3.72. The van der Waals surface area contributed by atoms with Gasteiger partial charge in [0.05, 0.1) is 5.56 Å². The second kappa shape index (κ2) is 7.66. The Hall–Kier alpha value is -3.45. The molecular weight excluding hydrogens is 374 g/mol. The molecule has 2 amide bonds. The van der Waals surface area contributed by atoms with Gasteiger partial charge in [0.25, 0.3) is 5.91 Å². The molecule has 4 aromatic rings. The monoisotopic (exact) mass is 391 g/mol. The molecule has 7 heteroatoms. The fraction of sp³-hybridized carbons (Fsp3) is 0.0952. The van der Waals surface area contributed by atoms with Gasteiger partial charge < -0.3 is 9.73 Å². The number of anilines is 2. The number of carbonyl (C=O) groups is 2. The molecule has 0 saturated carbocycles. The second-order valence-corrected chi connectivity index (χ2v) is 7.40. The molecule has 2 heterocycles. The summed E-state index contributed by atoms with van der Waals surface area (Å²) in [7, 11) is 0. The summed E-state index contributed by atoms with van der Waals surface area (Å²) in [5.74, 6) is -0.341. The Morgan fingerprint density at radius 2 is 1.86 bits per heavy atom. The van der Waals surface area contributed by atoms with Crippen molar-refractivity contribution in [2.75, 3.05) is 10.6 Å². The number of rotatable bonds is 5. The Balaban J connectivity index is 1.43. The van der Waals surface area contributed by atoms with Crippen LogP contribution in [0.4, 0.5) is 10.8 Å². The number of amides is 2. The molecule has 0 fully saturated rings. The third-order valence-corrected chi connectivity index (χ3v) is 5.07. The van der Waals surface area contributed by atoms with Crippen LogP contribution < -0.4 is 10.6 Å². The first kappa shape index (κ1) is 17.9. The van der Waals surface area contributed by atoms with Gasteiger partial charge in [-0.3, -0.25) is 14.9 Å². The van der Waals surface area contributed by atoms with E-state index in [1.807, 2.05) is 48.5 Å². The van der Waals surface area contributed by atoms with Crippen LogP contribution in [0.5, 0.6) is 0 Å². The van der Waals surface area contributed by atoms with Gasteiger partial charge >= 0.3 is 0 Å². The van der Waals surface area contributed by atoms with Crippen molar-refractivity contribution in [3.8, 4) is 0 Å². The Bertz CT molecular complexity index is 1150. The molecule has 0 unspecified atom stereocenters. The maximum absolute atomic E-state index is 12.5. The van der Waals surface area contributed by atoms with E-state index in [0.717, 1.165) is 21.5 Å². The number of nitrogens with one attached hydrogen (secondary N) is 2. The fourth-order valence-electron chi connectivity index (χ4n) is 2.88. The number of furan rings is 1. The minimum atomic E-state index is -0.245. The van der Waals surface area contributed by atoms with E-state index in [0.29, 0.717) is 22.7 Å². The molecule has 2 aromatic carbocycles. The van der Waals surface area contributed by atoms with Gasteiger partial charge in [0.15, 0.2) is 5.13 Å². The van der Waals surface area contributed by atoms with Crippen molar-refractivity contribution in [1.29, 1.82) is 0 Å². The van der Waals surface area contributed by atoms with E-state index >= 15 is 0 Å². The van der Waals surface area contributed by atoms with Crippen LogP contribution in [0, 0.1) is 0 Å². The number of fused-ring (bicyclic) bond motifs is 1. The summed E-state index contributed by atoms with van der Waals surface area (Å²) in [4.78, 5) is 28.9. The van der Waals surface area contributed by atoms with Crippen molar-refractivity contribution in [2.45, 2.75) is 13.3 Å². The average Bonchev–Trinajstić information content (AvgIpc) is 3.29. The zero-order valence-electron chi connectivity index (χ0n) is 15.1. The van der Waals surface area contributed by atoms with Crippen LogP contribution in [0.25, 0.3) is 11.0 Å². The number of nitrogens with zero attached hydrogens (tertiary/aromatic N) is 1. The lowest BCUT2D eigenvalue weighted by Crippen LogP contribution is -2.10. The summed E-state index contributed by atoms with van der Waals surface area (Å²) < 4.78 is 5.42. The van der Waals surface area contributed by atoms with E-state index in [9.17, 15) is 9.59 Å². The van der Waals surface area contributed by atoms with Crippen LogP contribution in [0.3, 0.4) is 0 Å². The molecule has 0 aliphatic rings. The molecule has 0 radical (unpaired) electrons. The molecule has 0 bridgehead atoms. The third-order valence-electron chi connectivity index (χ3n) is 4.15. The lowest BCUT2D eigenvalue weighted by molar-refractivity contribution is -0.114. The van der Waals surface area contributed by atoms with Gasteiger partial charge in [0, 0.05) is 35.5 Å². The summed E-state index contributed by atoms with van der Waals surface area (Å²) in [6.45, 7) is 1.48. The zero-order valence-corrected chi connectivity index (χ0v) is 15.9. The first-order chi connectivity index (χ1) is 13.6. The van der Waals surface area contributed by atoms with Crippen LogP contribution in [0.2, 0.25) is 0 Å². The van der Waals surface area contributed by atoms with Crippen LogP contribution in [-0.2, 0) is 11.2 Å². The Morgan fingerprint density at radius 3 is 2.64 bits per heavy atom. The topological polar surface area (TPSA) is 84.2 Å². The molecule has 140 valence electrons. The van der Waals surface area contributed by atoms with E-state index in [1.54, 1.807) is 6.20 Å². The minimum absolute atomic E-state index is 0.0963. The molecule has 28 heavy (non-hydrogen) atoms. The standard InChI is InChI=1S/C21H17N3O3S/c1-13(25)23-15-8-6-14(7-9-15)10-16-11-22-21(28-16)24-20(26)18-12-27-19-5-3-2-4-17(18)19/h2-9,11-12H,10H2,1H3,(H,23,25)(H,22,24,26). The highest BCUT2D eigenvalue weighted by molar-refractivity contribution is 7.15. The molecular formula is C21H17N3O3S. The van der Waals surface area contributed by atoms with Crippen LogP contribution in [0.15, 0.2) is 65.4 Å². The van der Waals surface area contributed by atoms with Gasteiger partial charge in [-0.2, -0.15) is 0 Å². The van der Waals surface area contributed by atoms with Crippen LogP contribution >= 0.6 is 11.3 Å². The average molecular weight is 391 g/mol. The highest BCUT2D eigenvalue weighted by Gasteiger charge is 2.15. The predicted molar refractivity (Wildman–Crippen MR) is 110 cm³/mol. The van der Waals surface area contributed by atoms with E-state index < -0.39 is 0 Å². The van der Waals surface area contributed by atoms with Gasteiger partial charge in [-0.25, -0.2) is 4.98 Å². The lowest BCUT2D eigenvalue weighted by Gasteiger charge is -2.03. The molecule has 2 N–H and O–H groups in total. The Morgan fingerprint density at radius 1 is 1.07 bits per heavy atom. The highest BCUT2D eigenvalue weighted by Crippen LogP contribution is 2.25. The van der Waals surface area contributed by atoms with Crippen molar-refractivity contribution in [2.24, 2.45) is 0 Å². The van der Waals surface area contributed by atoms with E-state index in [-0.39, 0.29) is 11.8 Å². The van der Waals surface area contributed by atoms with Gasteiger partial charge in [-0.1, -0.05) is 30.3 Å². The van der Waals surface area contributed by atoms with Crippen LogP contribution in [-0.4, -0.2) is 16.8 Å². The molecule has 0 aliphatic heterocycles. The minimum Gasteiger partial charge on any atom is -0.463 e. The number of hydrogen-bond acceptors (Lipinski definition) is 5. The van der Waals surface area contributed by atoms with Crippen LogP contribution in [0.1, 0.15) is 27.7 Å². The highest BCUT2D eigenvalue weighted by atomic mass is 32.1. The number of hydrogen-bond donors (Lipinski definition) is 2. The third kappa shape index (κ3) is 3.94. The van der Waals surface area contributed by atoms with E-state index in [2.05, 4.69) is 15.6 Å². The number of thiazole rings is 1. The lowest BCUT2D eigenvalue weighted by atomic mass is 10.1. The van der Waals surface area contributed by atoms with Crippen molar-refractivity contribution in [3.63, 3.8) is 0 Å². The summed E-state index contributed by atoms with van der Waals surface area (Å²) in [5.41, 5.74) is 3.02. The first-order valence-electron chi connectivity index (χ1n) is 8.67. The normalized spacial score (nSPS) is 10.8. The Kier molecular flexibility index (Phi) is 4.90. The smallest absolute Gasteiger partial charge is 0.261 e. The maximum Gasteiger partial charge on any atom is 0.261 e. The number of para-hydroxylation sites is 1. The quantitative estimate of drug-likeness (QED) is 0.517. The predicted octanol–water partition coefficient (Wildman–Crippen LogP) is 4.69. The molecule has 0 aliphatic carbocycles. The number of benzene rings is 2. The van der Waals surface area contributed by atoms with E-state index in [4.69, 9.17) is 4.42 Å². The van der Waals surface area contributed by atoms with Crippen molar-refractivity contribution in [1.82, 2.24) is 4.98 Å². The summed E-state index contributed by atoms with van der Waals surface area (Å²) in [6, 6.07) is 15.1. The summed E-state index contributed by atoms with van der Waals surface area (Å²) in [6.07, 6.45) is 3.92. The summed E-state index contributed by atoms with van der Waals surface area (Å²) in [5, 5.41) is 6.89. The van der Waals surface area contributed by atoms with E-state index in [1.165, 1.54) is 24.5 Å². The zero-order chi connectivity index (χ0) is 19.5. The molecule has 0 spiro atoms. The molecule has 0 saturated heterocycles. The molecule has 4 rings (SSSR count). The second-order valence-electron chi connectivity index (χ2n) is 6.29. The van der Waals surface area contributed by atoms with Crippen molar-refractivity contribution in [3.05, 3.63) is 77.0 Å². The number of carbonyl (C=O) groups excluding carboxylic acids is 2. The number of aromatic nitrogens is 1. The largest absolute Gasteiger partial charge is 0.463 e. The Labute approximate surface area is 165 Å².